The van der Waals surface area contributed by atoms with Crippen molar-refractivity contribution in [3.63, 3.8) is 0 Å². The number of benzene rings is 3. The van der Waals surface area contributed by atoms with E-state index in [2.05, 4.69) is 15.0 Å². The van der Waals surface area contributed by atoms with Crippen LogP contribution in [0.1, 0.15) is 29.6 Å². The summed E-state index contributed by atoms with van der Waals surface area (Å²) < 4.78 is 61.7. The molecule has 202 valence electrons. The van der Waals surface area contributed by atoms with Gasteiger partial charge in [0, 0.05) is 17.5 Å². The van der Waals surface area contributed by atoms with Crippen molar-refractivity contribution in [2.75, 3.05) is 12.4 Å². The Morgan fingerprint density at radius 1 is 0.974 bits per heavy atom. The Morgan fingerprint density at radius 2 is 1.69 bits per heavy atom. The maximum absolute atomic E-state index is 15.0. The molecule has 0 saturated heterocycles. The molecule has 0 aliphatic heterocycles. The number of alkyl halides is 3. The van der Waals surface area contributed by atoms with Gasteiger partial charge in [0.1, 0.15) is 11.6 Å². The summed E-state index contributed by atoms with van der Waals surface area (Å²) in [6, 6.07) is 15.2. The second kappa shape index (κ2) is 10.6. The Balaban J connectivity index is 1.29. The van der Waals surface area contributed by atoms with Crippen LogP contribution in [-0.2, 0) is 9.53 Å². The Kier molecular flexibility index (Phi) is 7.26. The number of nitrogens with zero attached hydrogens (tertiary/aromatic N) is 1. The minimum Gasteiger partial charge on any atom is -0.469 e. The highest BCUT2D eigenvalue weighted by atomic mass is 32.1. The number of hydrogen-bond acceptors (Lipinski definition) is 7. The molecule has 1 aliphatic rings. The molecule has 1 fully saturated rings. The molecule has 1 heterocycles. The zero-order valence-corrected chi connectivity index (χ0v) is 21.4. The van der Waals surface area contributed by atoms with E-state index in [0.29, 0.717) is 44.9 Å². The fourth-order valence-corrected chi connectivity index (χ4v) is 5.72. The monoisotopic (exact) mass is 558 g/mol. The van der Waals surface area contributed by atoms with Crippen molar-refractivity contribution < 1.29 is 36.6 Å². The molecule has 5 rings (SSSR count). The lowest BCUT2D eigenvalue weighted by Gasteiger charge is -2.16. The maximum Gasteiger partial charge on any atom is 0.573 e. The van der Waals surface area contributed by atoms with E-state index < -0.39 is 24.0 Å². The third kappa shape index (κ3) is 5.88. The number of hydrogen-bond donors (Lipinski definition) is 1. The molecule has 1 aromatic heterocycles. The van der Waals surface area contributed by atoms with Crippen LogP contribution in [0, 0.1) is 17.7 Å². The summed E-state index contributed by atoms with van der Waals surface area (Å²) in [5, 5.41) is 3.17. The minimum atomic E-state index is -4.80. The van der Waals surface area contributed by atoms with Crippen molar-refractivity contribution in [1.29, 1.82) is 0 Å². The van der Waals surface area contributed by atoms with Gasteiger partial charge in [-0.3, -0.25) is 9.59 Å². The summed E-state index contributed by atoms with van der Waals surface area (Å²) >= 11 is 1.06. The van der Waals surface area contributed by atoms with E-state index in [1.807, 2.05) is 0 Å². The number of ether oxygens (including phenoxy) is 2. The van der Waals surface area contributed by atoms with Crippen LogP contribution in [0.15, 0.2) is 60.7 Å². The molecular formula is C28H22F4N2O4S. The summed E-state index contributed by atoms with van der Waals surface area (Å²) in [4.78, 5) is 29.3. The lowest BCUT2D eigenvalue weighted by Crippen LogP contribution is -2.26. The fraction of sp³-hybridized carbons (Fsp3) is 0.250. The number of fused-ring (bicyclic) bond motifs is 1. The smallest absolute Gasteiger partial charge is 0.469 e. The standard InChI is InChI=1S/C28H22F4N2O4S/c1-37-26(36)20-4-2-3-19(20)25(35)16-7-5-15(6-8-16)17-9-11-22(21(29)13-17)33-27-34-23-12-10-18(14-24(23)39-27)38-28(30,31)32/h5-14,19-20H,2-4H2,1H3,(H,33,34)/t19-,20-/m1/s1. The predicted octanol–water partition coefficient (Wildman–Crippen LogP) is 7.52. The number of aromatic nitrogens is 1. The highest BCUT2D eigenvalue weighted by molar-refractivity contribution is 7.22. The number of carbonyl (C=O) groups is 2. The number of ketones is 1. The van der Waals surface area contributed by atoms with Gasteiger partial charge >= 0.3 is 12.3 Å². The average Bonchev–Trinajstić information content (AvgIpc) is 3.55. The second-order valence-corrected chi connectivity index (χ2v) is 10.2. The summed E-state index contributed by atoms with van der Waals surface area (Å²) in [5.74, 6) is -2.22. The van der Waals surface area contributed by atoms with Crippen LogP contribution in [-0.4, -0.2) is 30.2 Å². The van der Waals surface area contributed by atoms with Gasteiger partial charge in [-0.2, -0.15) is 0 Å². The Morgan fingerprint density at radius 3 is 2.38 bits per heavy atom. The first-order chi connectivity index (χ1) is 18.6. The van der Waals surface area contributed by atoms with E-state index in [4.69, 9.17) is 4.74 Å². The Labute approximate surface area is 224 Å². The third-order valence-electron chi connectivity index (χ3n) is 6.66. The van der Waals surface area contributed by atoms with Gasteiger partial charge in [-0.05, 0) is 48.2 Å². The Hall–Kier alpha value is -3.99. The molecule has 6 nitrogen and oxygen atoms in total. The average molecular weight is 559 g/mol. The zero-order chi connectivity index (χ0) is 27.7. The molecule has 11 heteroatoms. The van der Waals surface area contributed by atoms with Gasteiger partial charge < -0.3 is 14.8 Å². The van der Waals surface area contributed by atoms with E-state index in [1.54, 1.807) is 30.3 Å². The normalized spacial score (nSPS) is 17.3. The Bertz CT molecular complexity index is 1540. The van der Waals surface area contributed by atoms with Crippen LogP contribution >= 0.6 is 11.3 Å². The van der Waals surface area contributed by atoms with Crippen molar-refractivity contribution in [2.45, 2.75) is 25.6 Å². The number of carbonyl (C=O) groups excluding carboxylic acids is 2. The van der Waals surface area contributed by atoms with E-state index in [0.717, 1.165) is 17.8 Å². The van der Waals surface area contributed by atoms with Gasteiger partial charge in [-0.25, -0.2) is 9.37 Å². The van der Waals surface area contributed by atoms with Gasteiger partial charge in [-0.1, -0.05) is 48.1 Å². The number of halogens is 4. The van der Waals surface area contributed by atoms with Gasteiger partial charge in [-0.15, -0.1) is 13.2 Å². The molecule has 0 radical (unpaired) electrons. The van der Waals surface area contributed by atoms with Crippen molar-refractivity contribution in [3.8, 4) is 16.9 Å². The van der Waals surface area contributed by atoms with Crippen LogP contribution in [0.3, 0.4) is 0 Å². The molecule has 0 spiro atoms. The van der Waals surface area contributed by atoms with Crippen molar-refractivity contribution in [1.82, 2.24) is 4.98 Å². The number of esters is 1. The van der Waals surface area contributed by atoms with Gasteiger partial charge in [0.15, 0.2) is 10.9 Å². The van der Waals surface area contributed by atoms with Gasteiger partial charge in [0.2, 0.25) is 0 Å². The SMILES string of the molecule is COC(=O)[C@@H]1CCC[C@H]1C(=O)c1ccc(-c2ccc(Nc3nc4ccc(OC(F)(F)F)cc4s3)c(F)c2)cc1. The quantitative estimate of drug-likeness (QED) is 0.144. The number of Topliss-reactive ketones (excluding diaryl/α,β-unsaturated/α-hetero) is 1. The number of anilines is 2. The topological polar surface area (TPSA) is 77.5 Å². The van der Waals surface area contributed by atoms with Crippen LogP contribution in [0.5, 0.6) is 5.75 Å². The molecule has 1 saturated carbocycles. The van der Waals surface area contributed by atoms with Crippen molar-refractivity contribution >= 4 is 44.1 Å². The minimum absolute atomic E-state index is 0.104. The highest BCUT2D eigenvalue weighted by Gasteiger charge is 2.38. The van der Waals surface area contributed by atoms with E-state index in [1.165, 1.54) is 37.4 Å². The number of thiazole rings is 1. The zero-order valence-electron chi connectivity index (χ0n) is 20.5. The van der Waals surface area contributed by atoms with Gasteiger partial charge in [0.25, 0.3) is 0 Å². The molecule has 0 bridgehead atoms. The fourth-order valence-electron chi connectivity index (χ4n) is 4.82. The van der Waals surface area contributed by atoms with E-state index in [-0.39, 0.29) is 23.2 Å². The largest absolute Gasteiger partial charge is 0.573 e. The summed E-state index contributed by atoms with van der Waals surface area (Å²) in [7, 11) is 1.32. The molecule has 1 aliphatic carbocycles. The first-order valence-corrected chi connectivity index (χ1v) is 12.9. The summed E-state index contributed by atoms with van der Waals surface area (Å²) in [5.41, 5.74) is 2.36. The van der Waals surface area contributed by atoms with E-state index in [9.17, 15) is 27.2 Å². The van der Waals surface area contributed by atoms with Crippen LogP contribution in [0.25, 0.3) is 21.3 Å². The molecule has 0 amide bonds. The molecule has 4 aromatic rings. The molecule has 3 aromatic carbocycles. The van der Waals surface area contributed by atoms with Crippen molar-refractivity contribution in [2.24, 2.45) is 11.8 Å². The number of methoxy groups -OCH3 is 1. The molecular weight excluding hydrogens is 536 g/mol. The number of nitrogens with one attached hydrogen (secondary N) is 1. The van der Waals surface area contributed by atoms with Crippen molar-refractivity contribution in [3.05, 3.63) is 72.0 Å². The highest BCUT2D eigenvalue weighted by Crippen LogP contribution is 2.36. The first kappa shape index (κ1) is 26.6. The van der Waals surface area contributed by atoms with Gasteiger partial charge in [0.05, 0.1) is 28.9 Å². The molecule has 0 unspecified atom stereocenters. The first-order valence-electron chi connectivity index (χ1n) is 12.1. The third-order valence-corrected chi connectivity index (χ3v) is 7.60. The molecule has 1 N–H and O–H groups in total. The van der Waals surface area contributed by atoms with Crippen LogP contribution in [0.2, 0.25) is 0 Å². The molecule has 39 heavy (non-hydrogen) atoms. The molecule has 2 atom stereocenters. The van der Waals surface area contributed by atoms with Crippen LogP contribution < -0.4 is 10.1 Å². The van der Waals surface area contributed by atoms with Crippen LogP contribution in [0.4, 0.5) is 28.4 Å². The number of rotatable bonds is 7. The summed E-state index contributed by atoms with van der Waals surface area (Å²) in [6.07, 6.45) is -2.75. The lowest BCUT2D eigenvalue weighted by molar-refractivity contribution is -0.274. The lowest BCUT2D eigenvalue weighted by atomic mass is 9.88. The maximum atomic E-state index is 15.0. The predicted molar refractivity (Wildman–Crippen MR) is 139 cm³/mol. The van der Waals surface area contributed by atoms with E-state index >= 15 is 0 Å². The summed E-state index contributed by atoms with van der Waals surface area (Å²) in [6.45, 7) is 0. The second-order valence-electron chi connectivity index (χ2n) is 9.12.